The minimum Gasteiger partial charge on any atom is -0.357 e. The van der Waals surface area contributed by atoms with E-state index in [1.54, 1.807) is 12.3 Å². The molecule has 16 heavy (non-hydrogen) atoms. The quantitative estimate of drug-likeness (QED) is 0.801. The lowest BCUT2D eigenvalue weighted by molar-refractivity contribution is 0.498. The van der Waals surface area contributed by atoms with Crippen molar-refractivity contribution in [1.29, 1.82) is 5.26 Å². The van der Waals surface area contributed by atoms with Gasteiger partial charge in [-0.3, -0.25) is 0 Å². The van der Waals surface area contributed by atoms with Crippen LogP contribution < -0.4 is 10.6 Å². The van der Waals surface area contributed by atoms with Gasteiger partial charge < -0.3 is 10.6 Å². The minimum atomic E-state index is 0. The Morgan fingerprint density at radius 1 is 1.38 bits per heavy atom. The van der Waals surface area contributed by atoms with Crippen LogP contribution in [0.5, 0.6) is 0 Å². The smallest absolute Gasteiger partial charge is 0.128 e. The van der Waals surface area contributed by atoms with Crippen molar-refractivity contribution in [1.82, 2.24) is 4.98 Å². The van der Waals surface area contributed by atoms with Gasteiger partial charge in [-0.15, -0.1) is 12.4 Å². The summed E-state index contributed by atoms with van der Waals surface area (Å²) in [6, 6.07) is 6.10. The van der Waals surface area contributed by atoms with Gasteiger partial charge in [0, 0.05) is 25.3 Å². The van der Waals surface area contributed by atoms with E-state index in [1.165, 1.54) is 0 Å². The molecule has 1 aromatic rings. The molecular weight excluding hydrogens is 224 g/mol. The number of nitrogens with zero attached hydrogens (tertiary/aromatic N) is 3. The molecule has 1 aliphatic heterocycles. The number of nitrogens with two attached hydrogens (primary N) is 1. The number of anilines is 1. The molecule has 0 unspecified atom stereocenters. The topological polar surface area (TPSA) is 65.9 Å². The van der Waals surface area contributed by atoms with E-state index in [-0.39, 0.29) is 12.4 Å². The molecule has 0 bridgehead atoms. The zero-order valence-electron chi connectivity index (χ0n) is 8.97. The minimum absolute atomic E-state index is 0. The van der Waals surface area contributed by atoms with Crippen LogP contribution in [0.15, 0.2) is 18.3 Å². The zero-order valence-corrected chi connectivity index (χ0v) is 9.78. The molecule has 0 saturated carbocycles. The summed E-state index contributed by atoms with van der Waals surface area (Å²) in [5.74, 6) is 0.945. The third-order valence-electron chi connectivity index (χ3n) is 2.74. The van der Waals surface area contributed by atoms with Crippen molar-refractivity contribution in [3.63, 3.8) is 0 Å². The molecule has 2 rings (SSSR count). The van der Waals surface area contributed by atoms with Crippen LogP contribution in [-0.2, 0) is 0 Å². The van der Waals surface area contributed by atoms with Gasteiger partial charge in [0.2, 0.25) is 0 Å². The monoisotopic (exact) mass is 238 g/mol. The maximum absolute atomic E-state index is 8.65. The van der Waals surface area contributed by atoms with Gasteiger partial charge in [-0.25, -0.2) is 4.98 Å². The number of hydrogen-bond donors (Lipinski definition) is 1. The fourth-order valence-electron chi connectivity index (χ4n) is 1.77. The third-order valence-corrected chi connectivity index (χ3v) is 2.74. The highest BCUT2D eigenvalue weighted by molar-refractivity contribution is 5.85. The van der Waals surface area contributed by atoms with Crippen LogP contribution in [-0.4, -0.2) is 24.1 Å². The number of halogens is 1. The van der Waals surface area contributed by atoms with Crippen molar-refractivity contribution in [2.45, 2.75) is 18.9 Å². The summed E-state index contributed by atoms with van der Waals surface area (Å²) >= 11 is 0. The standard InChI is InChI=1S/C11H14N4.ClH/c12-7-9-1-2-11(14-8-9)15-5-3-10(13)4-6-15;/h1-2,8,10H,3-6,13H2;1H. The highest BCUT2D eigenvalue weighted by Crippen LogP contribution is 2.16. The van der Waals surface area contributed by atoms with E-state index in [0.29, 0.717) is 11.6 Å². The van der Waals surface area contributed by atoms with Crippen LogP contribution in [0.1, 0.15) is 18.4 Å². The predicted molar refractivity (Wildman–Crippen MR) is 65.6 cm³/mol. The second-order valence-electron chi connectivity index (χ2n) is 3.84. The molecule has 0 atom stereocenters. The number of rotatable bonds is 1. The van der Waals surface area contributed by atoms with Crippen LogP contribution in [0, 0.1) is 11.3 Å². The van der Waals surface area contributed by atoms with Gasteiger partial charge in [0.15, 0.2) is 0 Å². The SMILES string of the molecule is Cl.N#Cc1ccc(N2CCC(N)CC2)nc1. The fourth-order valence-corrected chi connectivity index (χ4v) is 1.77. The highest BCUT2D eigenvalue weighted by Gasteiger charge is 2.16. The van der Waals surface area contributed by atoms with Crippen molar-refractivity contribution in [2.75, 3.05) is 18.0 Å². The van der Waals surface area contributed by atoms with Crippen molar-refractivity contribution in [3.8, 4) is 6.07 Å². The molecule has 5 heteroatoms. The summed E-state index contributed by atoms with van der Waals surface area (Å²) in [7, 11) is 0. The second-order valence-corrected chi connectivity index (χ2v) is 3.84. The molecule has 0 radical (unpaired) electrons. The highest BCUT2D eigenvalue weighted by atomic mass is 35.5. The second kappa shape index (κ2) is 5.69. The Hall–Kier alpha value is -1.31. The molecule has 0 spiro atoms. The largest absolute Gasteiger partial charge is 0.357 e. The normalized spacial score (nSPS) is 16.4. The van der Waals surface area contributed by atoms with Crippen molar-refractivity contribution in [3.05, 3.63) is 23.9 Å². The molecule has 1 saturated heterocycles. The summed E-state index contributed by atoms with van der Waals surface area (Å²) in [5.41, 5.74) is 6.43. The lowest BCUT2D eigenvalue weighted by atomic mass is 10.1. The van der Waals surface area contributed by atoms with Gasteiger partial charge in [0.25, 0.3) is 0 Å². The van der Waals surface area contributed by atoms with Gasteiger partial charge in [-0.2, -0.15) is 5.26 Å². The maximum Gasteiger partial charge on any atom is 0.128 e. The van der Waals surface area contributed by atoms with Crippen molar-refractivity contribution < 1.29 is 0 Å². The average molecular weight is 239 g/mol. The number of aromatic nitrogens is 1. The van der Waals surface area contributed by atoms with Crippen LogP contribution >= 0.6 is 12.4 Å². The van der Waals surface area contributed by atoms with Crippen LogP contribution in [0.4, 0.5) is 5.82 Å². The van der Waals surface area contributed by atoms with Gasteiger partial charge >= 0.3 is 0 Å². The molecular formula is C11H15ClN4. The molecule has 0 aliphatic carbocycles. The predicted octanol–water partition coefficient (Wildman–Crippen LogP) is 1.30. The first kappa shape index (κ1) is 12.8. The lowest BCUT2D eigenvalue weighted by Gasteiger charge is -2.30. The molecule has 86 valence electrons. The molecule has 2 heterocycles. The summed E-state index contributed by atoms with van der Waals surface area (Å²) in [4.78, 5) is 6.47. The van der Waals surface area contributed by atoms with E-state index in [9.17, 15) is 0 Å². The molecule has 1 aromatic heterocycles. The van der Waals surface area contributed by atoms with Gasteiger partial charge in [0.1, 0.15) is 11.9 Å². The van der Waals surface area contributed by atoms with E-state index in [1.807, 2.05) is 6.07 Å². The molecule has 4 nitrogen and oxygen atoms in total. The maximum atomic E-state index is 8.65. The molecule has 0 amide bonds. The molecule has 1 fully saturated rings. The van der Waals surface area contributed by atoms with Gasteiger partial charge in [-0.1, -0.05) is 0 Å². The molecule has 2 N–H and O–H groups in total. The Morgan fingerprint density at radius 3 is 2.56 bits per heavy atom. The Morgan fingerprint density at radius 2 is 2.06 bits per heavy atom. The Kier molecular flexibility index (Phi) is 4.53. The van der Waals surface area contributed by atoms with Crippen molar-refractivity contribution in [2.24, 2.45) is 5.73 Å². The summed E-state index contributed by atoms with van der Waals surface area (Å²) < 4.78 is 0. The lowest BCUT2D eigenvalue weighted by Crippen LogP contribution is -2.40. The number of nitriles is 1. The third kappa shape index (κ3) is 2.84. The van der Waals surface area contributed by atoms with Crippen LogP contribution in [0.3, 0.4) is 0 Å². The van der Waals surface area contributed by atoms with Gasteiger partial charge in [-0.05, 0) is 25.0 Å². The summed E-state index contributed by atoms with van der Waals surface area (Å²) in [6.07, 6.45) is 3.65. The van der Waals surface area contributed by atoms with Crippen LogP contribution in [0.25, 0.3) is 0 Å². The first-order valence-corrected chi connectivity index (χ1v) is 5.16. The average Bonchev–Trinajstić information content (AvgIpc) is 2.30. The first-order valence-electron chi connectivity index (χ1n) is 5.16. The van der Waals surface area contributed by atoms with E-state index < -0.39 is 0 Å². The Balaban J connectivity index is 0.00000128. The summed E-state index contributed by atoms with van der Waals surface area (Å²) in [5, 5.41) is 8.65. The number of piperidine rings is 1. The van der Waals surface area contributed by atoms with Crippen LogP contribution in [0.2, 0.25) is 0 Å². The van der Waals surface area contributed by atoms with Crippen molar-refractivity contribution >= 4 is 18.2 Å². The van der Waals surface area contributed by atoms with Gasteiger partial charge in [0.05, 0.1) is 5.56 Å². The van der Waals surface area contributed by atoms with E-state index in [4.69, 9.17) is 11.0 Å². The first-order chi connectivity index (χ1) is 7.29. The molecule has 1 aliphatic rings. The Labute approximate surface area is 101 Å². The zero-order chi connectivity index (χ0) is 10.7. The van der Waals surface area contributed by atoms with E-state index in [0.717, 1.165) is 31.7 Å². The fraction of sp³-hybridized carbons (Fsp3) is 0.455. The number of hydrogen-bond acceptors (Lipinski definition) is 4. The van der Waals surface area contributed by atoms with E-state index in [2.05, 4.69) is 16.0 Å². The Bertz CT molecular complexity index is 363. The summed E-state index contributed by atoms with van der Waals surface area (Å²) in [6.45, 7) is 1.92. The van der Waals surface area contributed by atoms with E-state index >= 15 is 0 Å². The molecule has 0 aromatic carbocycles. The number of pyridine rings is 1.